The molecule has 0 aromatic carbocycles. The zero-order chi connectivity index (χ0) is 20.8. The Balaban J connectivity index is 0.00000136. The summed E-state index contributed by atoms with van der Waals surface area (Å²) in [6.45, 7) is 11.5. The molecule has 28 heavy (non-hydrogen) atoms. The number of methoxy groups -OCH3 is 1. The van der Waals surface area contributed by atoms with Crippen molar-refractivity contribution in [3.63, 3.8) is 0 Å². The van der Waals surface area contributed by atoms with Gasteiger partial charge in [0.1, 0.15) is 11.2 Å². The van der Waals surface area contributed by atoms with Gasteiger partial charge in [0.25, 0.3) is 5.88 Å². The van der Waals surface area contributed by atoms with Crippen molar-refractivity contribution in [1.82, 2.24) is 9.55 Å². The molecule has 0 saturated heterocycles. The first kappa shape index (κ1) is 22.0. The van der Waals surface area contributed by atoms with Crippen molar-refractivity contribution >= 4 is 28.9 Å². The van der Waals surface area contributed by atoms with Gasteiger partial charge in [0.2, 0.25) is 0 Å². The lowest BCUT2D eigenvalue weighted by Crippen LogP contribution is -2.43. The zero-order valence-electron chi connectivity index (χ0n) is 16.6. The number of ether oxygens (including phenoxy) is 1. The highest BCUT2D eigenvalue weighted by Gasteiger charge is 2.39. The van der Waals surface area contributed by atoms with Gasteiger partial charge < -0.3 is 4.74 Å². The molecule has 0 fully saturated rings. The van der Waals surface area contributed by atoms with E-state index < -0.39 is 0 Å². The predicted octanol–water partition coefficient (Wildman–Crippen LogP) is 4.21. The number of nitrogens with zero attached hydrogens (tertiary/aromatic N) is 3. The Kier molecular flexibility index (Phi) is 7.66. The fourth-order valence-corrected chi connectivity index (χ4v) is 4.47. The number of fused-ring (bicyclic) bond motifs is 1. The van der Waals surface area contributed by atoms with Gasteiger partial charge >= 0.3 is 10.7 Å². The lowest BCUT2D eigenvalue weighted by atomic mass is 10.1. The number of halogens is 1. The molecule has 2 aromatic rings. The van der Waals surface area contributed by atoms with Crippen LogP contribution >= 0.6 is 23.4 Å². The minimum Gasteiger partial charge on any atom is -0.465 e. The van der Waals surface area contributed by atoms with E-state index in [9.17, 15) is 4.79 Å². The van der Waals surface area contributed by atoms with Crippen molar-refractivity contribution in [1.29, 1.82) is 0 Å². The maximum atomic E-state index is 13.4. The molecule has 1 unspecified atom stereocenters. The SMILES string of the molecule is C=C/C=C(\C=C)c1c(OC)[n+](C)c2n(c1=O)C(c1ccc(Cl)nc1)CS2.CC. The summed E-state index contributed by atoms with van der Waals surface area (Å²) in [6, 6.07) is 3.51. The first-order valence-electron chi connectivity index (χ1n) is 8.95. The monoisotopic (exact) mass is 418 g/mol. The number of allylic oxidation sites excluding steroid dienone is 4. The summed E-state index contributed by atoms with van der Waals surface area (Å²) in [4.78, 5) is 17.6. The van der Waals surface area contributed by atoms with E-state index in [1.165, 1.54) is 0 Å². The van der Waals surface area contributed by atoms with E-state index in [0.29, 0.717) is 22.2 Å². The van der Waals surface area contributed by atoms with Crippen LogP contribution in [0.15, 0.2) is 59.7 Å². The molecule has 0 spiro atoms. The molecule has 0 aliphatic carbocycles. The quantitative estimate of drug-likeness (QED) is 0.316. The van der Waals surface area contributed by atoms with E-state index in [1.807, 2.05) is 31.5 Å². The highest BCUT2D eigenvalue weighted by Crippen LogP contribution is 2.36. The van der Waals surface area contributed by atoms with Crippen LogP contribution < -0.4 is 14.9 Å². The average Bonchev–Trinajstić information content (AvgIpc) is 3.17. The third-order valence-corrected chi connectivity index (χ3v) is 5.70. The Bertz CT molecular complexity index is 965. The fraction of sp³-hybridized carbons (Fsp3) is 0.286. The van der Waals surface area contributed by atoms with Gasteiger partial charge in [0.05, 0.1) is 19.9 Å². The van der Waals surface area contributed by atoms with Crippen LogP contribution in [0.3, 0.4) is 0 Å². The summed E-state index contributed by atoms with van der Waals surface area (Å²) >= 11 is 7.51. The van der Waals surface area contributed by atoms with Crippen LogP contribution in [0.4, 0.5) is 0 Å². The van der Waals surface area contributed by atoms with Gasteiger partial charge in [-0.05, 0) is 23.4 Å². The Hall–Kier alpha value is -2.31. The molecule has 0 amide bonds. The molecule has 2 aromatic heterocycles. The molecule has 1 atom stereocenters. The maximum absolute atomic E-state index is 13.4. The normalized spacial score (nSPS) is 15.3. The molecular weight excluding hydrogens is 394 g/mol. The summed E-state index contributed by atoms with van der Waals surface area (Å²) in [5.41, 5.74) is 1.93. The van der Waals surface area contributed by atoms with Crippen molar-refractivity contribution in [2.75, 3.05) is 12.9 Å². The van der Waals surface area contributed by atoms with Gasteiger partial charge in [-0.2, -0.15) is 9.13 Å². The second-order valence-electron chi connectivity index (χ2n) is 5.70. The smallest absolute Gasteiger partial charge is 0.350 e. The van der Waals surface area contributed by atoms with Crippen molar-refractivity contribution in [3.8, 4) is 5.88 Å². The van der Waals surface area contributed by atoms with Gasteiger partial charge in [-0.25, -0.2) is 9.78 Å². The molecule has 3 rings (SSSR count). The minimum atomic E-state index is -0.132. The van der Waals surface area contributed by atoms with Gasteiger partial charge in [-0.15, -0.1) is 0 Å². The molecule has 0 radical (unpaired) electrons. The second kappa shape index (κ2) is 9.75. The number of rotatable bonds is 5. The Morgan fingerprint density at radius 1 is 1.43 bits per heavy atom. The zero-order valence-corrected chi connectivity index (χ0v) is 18.2. The molecule has 0 bridgehead atoms. The minimum absolute atomic E-state index is 0.127. The van der Waals surface area contributed by atoms with Crippen LogP contribution in [0.5, 0.6) is 5.88 Å². The number of thioether (sulfide) groups is 1. The molecule has 0 N–H and O–H groups in total. The van der Waals surface area contributed by atoms with Crippen LogP contribution in [0.2, 0.25) is 5.15 Å². The maximum Gasteiger partial charge on any atom is 0.350 e. The summed E-state index contributed by atoms with van der Waals surface area (Å²) in [6.07, 6.45) is 6.73. The van der Waals surface area contributed by atoms with Crippen molar-refractivity contribution in [3.05, 3.63) is 76.3 Å². The van der Waals surface area contributed by atoms with Gasteiger partial charge in [-0.3, -0.25) is 0 Å². The highest BCUT2D eigenvalue weighted by molar-refractivity contribution is 7.99. The molecule has 0 saturated carbocycles. The molecule has 1 aliphatic rings. The molecule has 3 heterocycles. The summed E-state index contributed by atoms with van der Waals surface area (Å²) in [7, 11) is 3.45. The third-order valence-electron chi connectivity index (χ3n) is 4.26. The van der Waals surface area contributed by atoms with Crippen molar-refractivity contribution in [2.24, 2.45) is 7.05 Å². The van der Waals surface area contributed by atoms with Crippen molar-refractivity contribution < 1.29 is 9.30 Å². The largest absolute Gasteiger partial charge is 0.465 e. The van der Waals surface area contributed by atoms with Crippen molar-refractivity contribution in [2.45, 2.75) is 25.0 Å². The Morgan fingerprint density at radius 3 is 2.68 bits per heavy atom. The lowest BCUT2D eigenvalue weighted by molar-refractivity contribution is -0.719. The Labute approximate surface area is 175 Å². The van der Waals surface area contributed by atoms with E-state index in [0.717, 1.165) is 16.5 Å². The van der Waals surface area contributed by atoms with Crippen LogP contribution in [0, 0.1) is 0 Å². The first-order chi connectivity index (χ1) is 13.5. The predicted molar refractivity (Wildman–Crippen MR) is 116 cm³/mol. The van der Waals surface area contributed by atoms with Gasteiger partial charge in [-0.1, -0.05) is 62.9 Å². The first-order valence-corrected chi connectivity index (χ1v) is 10.3. The standard InChI is InChI=1S/C19H19ClN3O2S.C2H6/c1-5-7-12(6-2)16-17(24)23-14(13-8-9-15(20)21-10-13)11-26-19(23)22(3)18(16)25-4;1-2/h5-10,14H,1-2,11H2,3-4H3;1-2H3/q+1;/b12-7+;. The highest BCUT2D eigenvalue weighted by atomic mass is 35.5. The Morgan fingerprint density at radius 2 is 2.14 bits per heavy atom. The number of aromatic nitrogens is 3. The molecular formula is C21H25ClN3O2S+. The second-order valence-corrected chi connectivity index (χ2v) is 7.08. The lowest BCUT2D eigenvalue weighted by Gasteiger charge is -2.13. The van der Waals surface area contributed by atoms with E-state index >= 15 is 0 Å². The van der Waals surface area contributed by atoms with Crippen LogP contribution in [-0.2, 0) is 7.05 Å². The van der Waals surface area contributed by atoms with E-state index in [4.69, 9.17) is 16.3 Å². The summed E-state index contributed by atoms with van der Waals surface area (Å²) in [5, 5.41) is 1.26. The molecule has 148 valence electrons. The topological polar surface area (TPSA) is 48.0 Å². The number of hydrogen-bond acceptors (Lipinski definition) is 4. The number of hydrogen-bond donors (Lipinski definition) is 0. The third kappa shape index (κ3) is 3.93. The molecule has 1 aliphatic heterocycles. The van der Waals surface area contributed by atoms with E-state index in [1.54, 1.807) is 53.9 Å². The van der Waals surface area contributed by atoms with Crippen LogP contribution in [0.25, 0.3) is 5.57 Å². The van der Waals surface area contributed by atoms with Crippen LogP contribution in [-0.4, -0.2) is 22.4 Å². The van der Waals surface area contributed by atoms with E-state index in [2.05, 4.69) is 18.1 Å². The fourth-order valence-electron chi connectivity index (χ4n) is 3.08. The molecule has 7 heteroatoms. The van der Waals surface area contributed by atoms with Gasteiger partial charge in [0, 0.05) is 11.8 Å². The summed E-state index contributed by atoms with van der Waals surface area (Å²) in [5.74, 6) is 1.23. The van der Waals surface area contributed by atoms with E-state index in [-0.39, 0.29) is 11.6 Å². The van der Waals surface area contributed by atoms with Gasteiger partial charge in [0.15, 0.2) is 5.56 Å². The number of pyridine rings is 1. The summed E-state index contributed by atoms with van der Waals surface area (Å²) < 4.78 is 9.23. The average molecular weight is 419 g/mol. The van der Waals surface area contributed by atoms with Crippen LogP contribution in [0.1, 0.15) is 31.0 Å². The molecule has 5 nitrogen and oxygen atoms in total.